The van der Waals surface area contributed by atoms with Crippen molar-refractivity contribution in [3.63, 3.8) is 0 Å². The predicted molar refractivity (Wildman–Crippen MR) is 113 cm³/mol. The van der Waals surface area contributed by atoms with Crippen LogP contribution in [0, 0.1) is 0 Å². The standard InChI is InChI=1S/C22H22BrN3O/c23-18-8-6-16(7-9-18)13-22(27)26-12-2-4-19(15-26)25-21-5-1-3-17-14-24-11-10-20(17)21/h1,3,5-11,14,19,25H,2,4,12-13,15H2. The van der Waals surface area contributed by atoms with Crippen molar-refractivity contribution in [2.45, 2.75) is 25.3 Å². The summed E-state index contributed by atoms with van der Waals surface area (Å²) in [5, 5.41) is 5.95. The normalized spacial score (nSPS) is 17.1. The Hall–Kier alpha value is -2.40. The first-order valence-corrected chi connectivity index (χ1v) is 10.1. The van der Waals surface area contributed by atoms with Gasteiger partial charge in [0, 0.05) is 52.5 Å². The molecule has 4 rings (SSSR count). The number of piperidine rings is 1. The van der Waals surface area contributed by atoms with Gasteiger partial charge in [0.2, 0.25) is 5.91 Å². The van der Waals surface area contributed by atoms with E-state index in [9.17, 15) is 4.79 Å². The molecule has 4 nitrogen and oxygen atoms in total. The second kappa shape index (κ2) is 8.09. The molecule has 0 radical (unpaired) electrons. The third kappa shape index (κ3) is 4.30. The molecule has 0 aliphatic carbocycles. The number of hydrogen-bond donors (Lipinski definition) is 1. The third-order valence-electron chi connectivity index (χ3n) is 5.08. The van der Waals surface area contributed by atoms with Crippen molar-refractivity contribution in [1.29, 1.82) is 0 Å². The summed E-state index contributed by atoms with van der Waals surface area (Å²) in [6.45, 7) is 1.59. The van der Waals surface area contributed by atoms with Gasteiger partial charge >= 0.3 is 0 Å². The SMILES string of the molecule is O=C(Cc1ccc(Br)cc1)N1CCCC(Nc2cccc3cnccc23)C1. The van der Waals surface area contributed by atoms with E-state index < -0.39 is 0 Å². The third-order valence-corrected chi connectivity index (χ3v) is 5.61. The van der Waals surface area contributed by atoms with Gasteiger partial charge in [-0.05, 0) is 42.7 Å². The van der Waals surface area contributed by atoms with Crippen LogP contribution in [-0.2, 0) is 11.2 Å². The molecule has 2 aromatic carbocycles. The van der Waals surface area contributed by atoms with Gasteiger partial charge < -0.3 is 10.2 Å². The summed E-state index contributed by atoms with van der Waals surface area (Å²) >= 11 is 3.44. The number of carbonyl (C=O) groups excluding carboxylic acids is 1. The number of benzene rings is 2. The number of nitrogens with one attached hydrogen (secondary N) is 1. The van der Waals surface area contributed by atoms with Crippen LogP contribution >= 0.6 is 15.9 Å². The number of aromatic nitrogens is 1. The van der Waals surface area contributed by atoms with E-state index in [-0.39, 0.29) is 11.9 Å². The van der Waals surface area contributed by atoms with Crippen molar-refractivity contribution >= 4 is 38.3 Å². The minimum atomic E-state index is 0.200. The number of rotatable bonds is 4. The van der Waals surface area contributed by atoms with Crippen LogP contribution in [-0.4, -0.2) is 34.9 Å². The Morgan fingerprint density at radius 3 is 2.89 bits per heavy atom. The summed E-state index contributed by atoms with van der Waals surface area (Å²) in [6, 6.07) is 16.5. The van der Waals surface area contributed by atoms with Gasteiger partial charge in [-0.15, -0.1) is 0 Å². The van der Waals surface area contributed by atoms with Crippen LogP contribution in [0.5, 0.6) is 0 Å². The van der Waals surface area contributed by atoms with Gasteiger partial charge in [0.05, 0.1) is 6.42 Å². The van der Waals surface area contributed by atoms with Crippen LogP contribution in [0.4, 0.5) is 5.69 Å². The van der Waals surface area contributed by atoms with E-state index in [0.717, 1.165) is 47.0 Å². The first-order valence-electron chi connectivity index (χ1n) is 9.30. The number of likely N-dealkylation sites (tertiary alicyclic amines) is 1. The zero-order valence-corrected chi connectivity index (χ0v) is 16.7. The van der Waals surface area contributed by atoms with E-state index in [1.807, 2.05) is 53.7 Å². The molecule has 27 heavy (non-hydrogen) atoms. The summed E-state index contributed by atoms with van der Waals surface area (Å²) in [5.41, 5.74) is 2.17. The molecule has 138 valence electrons. The topological polar surface area (TPSA) is 45.2 Å². The number of hydrogen-bond acceptors (Lipinski definition) is 3. The van der Waals surface area contributed by atoms with Gasteiger partial charge in [-0.25, -0.2) is 0 Å². The Labute approximate surface area is 167 Å². The zero-order chi connectivity index (χ0) is 18.6. The fraction of sp³-hybridized carbons (Fsp3) is 0.273. The van der Waals surface area contributed by atoms with Crippen LogP contribution in [0.2, 0.25) is 0 Å². The predicted octanol–water partition coefficient (Wildman–Crippen LogP) is 4.64. The smallest absolute Gasteiger partial charge is 0.227 e. The van der Waals surface area contributed by atoms with E-state index in [1.54, 1.807) is 0 Å². The molecule has 1 fully saturated rings. The van der Waals surface area contributed by atoms with Crippen LogP contribution in [0.3, 0.4) is 0 Å². The highest BCUT2D eigenvalue weighted by Crippen LogP contribution is 2.25. The van der Waals surface area contributed by atoms with E-state index >= 15 is 0 Å². The lowest BCUT2D eigenvalue weighted by Crippen LogP contribution is -2.45. The first kappa shape index (κ1) is 18.0. The number of fused-ring (bicyclic) bond motifs is 1. The maximum absolute atomic E-state index is 12.7. The Bertz CT molecular complexity index is 936. The quantitative estimate of drug-likeness (QED) is 0.664. The van der Waals surface area contributed by atoms with Crippen molar-refractivity contribution < 1.29 is 4.79 Å². The van der Waals surface area contributed by atoms with Gasteiger partial charge in [-0.1, -0.05) is 40.2 Å². The molecule has 1 unspecified atom stereocenters. The van der Waals surface area contributed by atoms with Crippen molar-refractivity contribution in [1.82, 2.24) is 9.88 Å². The second-order valence-corrected chi connectivity index (χ2v) is 7.94. The summed E-state index contributed by atoms with van der Waals surface area (Å²) < 4.78 is 1.03. The van der Waals surface area contributed by atoms with Crippen LogP contribution in [0.15, 0.2) is 65.4 Å². The van der Waals surface area contributed by atoms with Gasteiger partial charge in [0.1, 0.15) is 0 Å². The van der Waals surface area contributed by atoms with Gasteiger partial charge in [0.15, 0.2) is 0 Å². The highest BCUT2D eigenvalue weighted by Gasteiger charge is 2.24. The van der Waals surface area contributed by atoms with Crippen LogP contribution < -0.4 is 5.32 Å². The fourth-order valence-electron chi connectivity index (χ4n) is 3.68. The van der Waals surface area contributed by atoms with Gasteiger partial charge in [0.25, 0.3) is 0 Å². The molecular weight excluding hydrogens is 402 g/mol. The average Bonchev–Trinajstić information content (AvgIpc) is 2.70. The number of anilines is 1. The molecule has 1 atom stereocenters. The molecule has 1 aromatic heterocycles. The second-order valence-electron chi connectivity index (χ2n) is 7.03. The summed E-state index contributed by atoms with van der Waals surface area (Å²) in [7, 11) is 0. The Kier molecular flexibility index (Phi) is 5.39. The molecule has 1 amide bonds. The minimum Gasteiger partial charge on any atom is -0.380 e. The highest BCUT2D eigenvalue weighted by atomic mass is 79.9. The Morgan fingerprint density at radius 2 is 2.04 bits per heavy atom. The summed E-state index contributed by atoms with van der Waals surface area (Å²) in [5.74, 6) is 0.200. The van der Waals surface area contributed by atoms with E-state index in [4.69, 9.17) is 0 Å². The molecule has 1 N–H and O–H groups in total. The molecule has 0 spiro atoms. The number of halogens is 1. The maximum Gasteiger partial charge on any atom is 0.227 e. The lowest BCUT2D eigenvalue weighted by atomic mass is 10.0. The maximum atomic E-state index is 12.7. The minimum absolute atomic E-state index is 0.200. The fourth-order valence-corrected chi connectivity index (χ4v) is 3.94. The molecule has 1 aliphatic heterocycles. The van der Waals surface area contributed by atoms with Crippen molar-refractivity contribution in [3.8, 4) is 0 Å². The van der Waals surface area contributed by atoms with Gasteiger partial charge in [-0.3, -0.25) is 9.78 Å². The Morgan fingerprint density at radius 1 is 1.19 bits per heavy atom. The van der Waals surface area contributed by atoms with Crippen molar-refractivity contribution in [3.05, 3.63) is 71.0 Å². The molecule has 0 saturated carbocycles. The van der Waals surface area contributed by atoms with E-state index in [2.05, 4.69) is 38.4 Å². The molecule has 1 aliphatic rings. The molecule has 5 heteroatoms. The molecular formula is C22H22BrN3O. The number of pyridine rings is 1. The summed E-state index contributed by atoms with van der Waals surface area (Å²) in [6.07, 6.45) is 6.26. The summed E-state index contributed by atoms with van der Waals surface area (Å²) in [4.78, 5) is 18.9. The van der Waals surface area contributed by atoms with Gasteiger partial charge in [-0.2, -0.15) is 0 Å². The van der Waals surface area contributed by atoms with Crippen molar-refractivity contribution in [2.75, 3.05) is 18.4 Å². The van der Waals surface area contributed by atoms with Crippen molar-refractivity contribution in [2.24, 2.45) is 0 Å². The van der Waals surface area contributed by atoms with E-state index in [1.165, 1.54) is 5.39 Å². The Balaban J connectivity index is 1.43. The van der Waals surface area contributed by atoms with Crippen LogP contribution in [0.25, 0.3) is 10.8 Å². The molecule has 0 bridgehead atoms. The lowest BCUT2D eigenvalue weighted by molar-refractivity contribution is -0.131. The zero-order valence-electron chi connectivity index (χ0n) is 15.1. The molecule has 1 saturated heterocycles. The first-order chi connectivity index (χ1) is 13.2. The monoisotopic (exact) mass is 423 g/mol. The van der Waals surface area contributed by atoms with E-state index in [0.29, 0.717) is 6.42 Å². The van der Waals surface area contributed by atoms with Crippen LogP contribution in [0.1, 0.15) is 18.4 Å². The average molecular weight is 424 g/mol. The number of carbonyl (C=O) groups is 1. The number of nitrogens with zero attached hydrogens (tertiary/aromatic N) is 2. The molecule has 3 aromatic rings. The number of amides is 1. The lowest BCUT2D eigenvalue weighted by Gasteiger charge is -2.34. The largest absolute Gasteiger partial charge is 0.380 e. The highest BCUT2D eigenvalue weighted by molar-refractivity contribution is 9.10. The molecule has 2 heterocycles.